The number of nitrogens with one attached hydrogen (secondary N) is 2. The number of hydrogen-bond acceptors (Lipinski definition) is 5. The highest BCUT2D eigenvalue weighted by Gasteiger charge is 2.36. The van der Waals surface area contributed by atoms with Crippen LogP contribution in [0.15, 0.2) is 24.3 Å². The molecule has 1 aliphatic heterocycles. The molecule has 0 aliphatic carbocycles. The number of amides is 1. The van der Waals surface area contributed by atoms with Gasteiger partial charge in [-0.2, -0.15) is 4.31 Å². The van der Waals surface area contributed by atoms with Crippen LogP contribution in [-0.2, 0) is 37.1 Å². The van der Waals surface area contributed by atoms with Crippen molar-refractivity contribution in [2.75, 3.05) is 12.3 Å². The highest BCUT2D eigenvalue weighted by molar-refractivity contribution is 7.89. The van der Waals surface area contributed by atoms with Crippen molar-refractivity contribution < 1.29 is 21.6 Å². The zero-order valence-corrected chi connectivity index (χ0v) is 19.6. The first kappa shape index (κ1) is 24.8. The molecule has 0 saturated carbocycles. The van der Waals surface area contributed by atoms with Gasteiger partial charge in [0, 0.05) is 19.1 Å². The minimum absolute atomic E-state index is 0.0281. The average Bonchev–Trinajstić information content (AvgIpc) is 2.65. The summed E-state index contributed by atoms with van der Waals surface area (Å²) in [6, 6.07) is 6.11. The fourth-order valence-electron chi connectivity index (χ4n) is 3.65. The Hall–Kier alpha value is -1.49. The Morgan fingerprint density at radius 2 is 1.80 bits per heavy atom. The van der Waals surface area contributed by atoms with E-state index in [-0.39, 0.29) is 30.0 Å². The van der Waals surface area contributed by atoms with E-state index in [0.717, 1.165) is 12.8 Å². The van der Waals surface area contributed by atoms with Crippen molar-refractivity contribution in [3.63, 3.8) is 0 Å². The molecule has 1 aliphatic rings. The van der Waals surface area contributed by atoms with Crippen LogP contribution in [0.25, 0.3) is 0 Å². The number of benzene rings is 1. The standard InChI is InChI=1S/C20H33N3O5S2/c1-4-13-30(27,28)23-12-8-7-11-19(23)20(24)21-14-17-9-5-6-10-18(17)15-29(25,26)22-16(2)3/h5-6,9-10,16,19,22H,4,7-8,11-15H2,1-3H3,(H,21,24). The average molecular weight is 460 g/mol. The highest BCUT2D eigenvalue weighted by atomic mass is 32.2. The van der Waals surface area contributed by atoms with E-state index in [9.17, 15) is 21.6 Å². The van der Waals surface area contributed by atoms with Crippen LogP contribution in [0.2, 0.25) is 0 Å². The van der Waals surface area contributed by atoms with E-state index >= 15 is 0 Å². The molecule has 1 aromatic carbocycles. The van der Waals surface area contributed by atoms with Crippen LogP contribution in [0.4, 0.5) is 0 Å². The minimum Gasteiger partial charge on any atom is -0.351 e. The lowest BCUT2D eigenvalue weighted by Gasteiger charge is -2.33. The Labute approximate surface area is 180 Å². The van der Waals surface area contributed by atoms with Crippen LogP contribution in [0.3, 0.4) is 0 Å². The largest absolute Gasteiger partial charge is 0.351 e. The van der Waals surface area contributed by atoms with Crippen LogP contribution in [-0.4, -0.2) is 51.4 Å². The van der Waals surface area contributed by atoms with Gasteiger partial charge < -0.3 is 5.32 Å². The van der Waals surface area contributed by atoms with Gasteiger partial charge in [-0.05, 0) is 44.2 Å². The van der Waals surface area contributed by atoms with Crippen molar-refractivity contribution in [2.24, 2.45) is 0 Å². The predicted octanol–water partition coefficient (Wildman–Crippen LogP) is 1.72. The molecule has 1 aromatic rings. The van der Waals surface area contributed by atoms with Crippen LogP contribution >= 0.6 is 0 Å². The first-order chi connectivity index (χ1) is 14.1. The molecule has 1 heterocycles. The number of carbonyl (C=O) groups excluding carboxylic acids is 1. The van der Waals surface area contributed by atoms with Crippen molar-refractivity contribution in [1.82, 2.24) is 14.3 Å². The third-order valence-corrected chi connectivity index (χ3v) is 8.51. The van der Waals surface area contributed by atoms with Gasteiger partial charge in [-0.25, -0.2) is 21.6 Å². The van der Waals surface area contributed by atoms with Gasteiger partial charge in [0.15, 0.2) is 0 Å². The number of carbonyl (C=O) groups is 1. The minimum atomic E-state index is -3.50. The normalized spacial score (nSPS) is 18.5. The van der Waals surface area contributed by atoms with Crippen molar-refractivity contribution in [2.45, 2.75) is 70.8 Å². The summed E-state index contributed by atoms with van der Waals surface area (Å²) in [4.78, 5) is 12.8. The van der Waals surface area contributed by atoms with Crippen LogP contribution in [0.5, 0.6) is 0 Å². The zero-order chi connectivity index (χ0) is 22.4. The molecule has 1 unspecified atom stereocenters. The summed E-state index contributed by atoms with van der Waals surface area (Å²) in [5, 5.41) is 2.82. The molecule has 1 amide bonds. The van der Waals surface area contributed by atoms with E-state index in [2.05, 4.69) is 10.0 Å². The second-order valence-corrected chi connectivity index (χ2v) is 11.8. The van der Waals surface area contributed by atoms with Crippen LogP contribution in [0, 0.1) is 0 Å². The lowest BCUT2D eigenvalue weighted by Crippen LogP contribution is -2.52. The van der Waals surface area contributed by atoms with Crippen LogP contribution in [0.1, 0.15) is 57.6 Å². The van der Waals surface area contributed by atoms with Crippen LogP contribution < -0.4 is 10.0 Å². The Balaban J connectivity index is 2.10. The van der Waals surface area contributed by atoms with E-state index in [1.54, 1.807) is 45.0 Å². The fourth-order valence-corrected chi connectivity index (χ4v) is 6.89. The molecule has 1 atom stereocenters. The van der Waals surface area contributed by atoms with Gasteiger partial charge in [-0.1, -0.05) is 37.6 Å². The SMILES string of the molecule is CCCS(=O)(=O)N1CCCCC1C(=O)NCc1ccccc1CS(=O)(=O)NC(C)C. The second-order valence-electron chi connectivity index (χ2n) is 7.96. The molecule has 0 aromatic heterocycles. The highest BCUT2D eigenvalue weighted by Crippen LogP contribution is 2.22. The van der Waals surface area contributed by atoms with Crippen molar-refractivity contribution >= 4 is 26.0 Å². The first-order valence-corrected chi connectivity index (χ1v) is 13.7. The van der Waals surface area contributed by atoms with Gasteiger partial charge in [0.25, 0.3) is 0 Å². The summed E-state index contributed by atoms with van der Waals surface area (Å²) in [6.45, 7) is 5.81. The summed E-state index contributed by atoms with van der Waals surface area (Å²) in [6.07, 6.45) is 2.53. The molecule has 0 radical (unpaired) electrons. The first-order valence-electron chi connectivity index (χ1n) is 10.4. The molecule has 10 heteroatoms. The quantitative estimate of drug-likeness (QED) is 0.553. The van der Waals surface area contributed by atoms with Gasteiger partial charge in [0.05, 0.1) is 11.5 Å². The zero-order valence-electron chi connectivity index (χ0n) is 17.9. The van der Waals surface area contributed by atoms with Gasteiger partial charge in [-0.15, -0.1) is 0 Å². The van der Waals surface area contributed by atoms with Gasteiger partial charge >= 0.3 is 0 Å². The fraction of sp³-hybridized carbons (Fsp3) is 0.650. The van der Waals surface area contributed by atoms with Gasteiger partial charge in [-0.3, -0.25) is 4.79 Å². The third-order valence-electron chi connectivity index (χ3n) is 4.91. The van der Waals surface area contributed by atoms with Crippen molar-refractivity contribution in [3.8, 4) is 0 Å². The molecule has 8 nitrogen and oxygen atoms in total. The van der Waals surface area contributed by atoms with Crippen molar-refractivity contribution in [3.05, 3.63) is 35.4 Å². The molecule has 2 rings (SSSR count). The summed E-state index contributed by atoms with van der Waals surface area (Å²) in [5.41, 5.74) is 1.30. The van der Waals surface area contributed by atoms with E-state index in [1.807, 2.05) is 0 Å². The molecule has 1 saturated heterocycles. The third kappa shape index (κ3) is 7.04. The number of hydrogen-bond donors (Lipinski definition) is 2. The summed E-state index contributed by atoms with van der Waals surface area (Å²) in [7, 11) is -6.97. The maximum Gasteiger partial charge on any atom is 0.238 e. The second kappa shape index (κ2) is 10.7. The summed E-state index contributed by atoms with van der Waals surface area (Å²) >= 11 is 0. The molecule has 0 bridgehead atoms. The Bertz CT molecular complexity index is 930. The molecule has 1 fully saturated rings. The number of piperidine rings is 1. The Kier molecular flexibility index (Phi) is 8.84. The maximum absolute atomic E-state index is 12.8. The molecular formula is C20H33N3O5S2. The predicted molar refractivity (Wildman–Crippen MR) is 118 cm³/mol. The molecule has 2 N–H and O–H groups in total. The lowest BCUT2D eigenvalue weighted by molar-refractivity contribution is -0.125. The van der Waals surface area contributed by atoms with Gasteiger partial charge in [0.1, 0.15) is 6.04 Å². The summed E-state index contributed by atoms with van der Waals surface area (Å²) < 4.78 is 53.6. The lowest BCUT2D eigenvalue weighted by atomic mass is 10.0. The van der Waals surface area contributed by atoms with Crippen molar-refractivity contribution in [1.29, 1.82) is 0 Å². The maximum atomic E-state index is 12.8. The van der Waals surface area contributed by atoms with E-state index in [0.29, 0.717) is 30.5 Å². The van der Waals surface area contributed by atoms with Gasteiger partial charge in [0.2, 0.25) is 26.0 Å². The molecule has 170 valence electrons. The van der Waals surface area contributed by atoms with E-state index < -0.39 is 26.1 Å². The number of nitrogens with zero attached hydrogens (tertiary/aromatic N) is 1. The topological polar surface area (TPSA) is 113 Å². The van der Waals surface area contributed by atoms with E-state index in [1.165, 1.54) is 4.31 Å². The van der Waals surface area contributed by atoms with E-state index in [4.69, 9.17) is 0 Å². The molecular weight excluding hydrogens is 426 g/mol. The molecule has 0 spiro atoms. The number of rotatable bonds is 10. The Morgan fingerprint density at radius 1 is 1.13 bits per heavy atom. The molecule has 30 heavy (non-hydrogen) atoms. The smallest absolute Gasteiger partial charge is 0.238 e. The number of sulfonamides is 2. The Morgan fingerprint density at radius 3 is 2.43 bits per heavy atom. The summed E-state index contributed by atoms with van der Waals surface area (Å²) in [5.74, 6) is -0.495. The monoisotopic (exact) mass is 459 g/mol.